The fraction of sp³-hybridized carbons (Fsp3) is 0.562. The maximum absolute atomic E-state index is 12.4. The summed E-state index contributed by atoms with van der Waals surface area (Å²) in [6.07, 6.45) is 3.34. The number of rotatable bonds is 4. The lowest BCUT2D eigenvalue weighted by Crippen LogP contribution is -2.42. The minimum atomic E-state index is -0.191. The van der Waals surface area contributed by atoms with Gasteiger partial charge >= 0.3 is 5.97 Å². The van der Waals surface area contributed by atoms with E-state index in [-0.39, 0.29) is 36.4 Å². The maximum Gasteiger partial charge on any atom is 0.315 e. The quantitative estimate of drug-likeness (QED) is 0.867. The molecule has 0 bridgehead atoms. The lowest BCUT2D eigenvalue weighted by Gasteiger charge is -2.30. The van der Waals surface area contributed by atoms with Crippen molar-refractivity contribution in [1.82, 2.24) is 5.32 Å². The summed E-state index contributed by atoms with van der Waals surface area (Å²) >= 11 is 0. The highest BCUT2D eigenvalue weighted by Gasteiger charge is 2.32. The zero-order valence-electron chi connectivity index (χ0n) is 12.2. The monoisotopic (exact) mass is 297 g/mol. The second-order valence-electron chi connectivity index (χ2n) is 5.43. The molecule has 1 saturated heterocycles. The van der Waals surface area contributed by atoms with Crippen molar-refractivity contribution in [3.05, 3.63) is 35.9 Å². The van der Waals surface area contributed by atoms with Crippen molar-refractivity contribution >= 4 is 18.4 Å². The topological polar surface area (TPSA) is 38.3 Å². The van der Waals surface area contributed by atoms with Crippen LogP contribution in [0.15, 0.2) is 30.3 Å². The number of ether oxygens (including phenoxy) is 1. The highest BCUT2D eigenvalue weighted by atomic mass is 35.5. The Kier molecular flexibility index (Phi) is 7.03. The standard InChI is InChI=1S/C16H23NO2.ClH/c1-12(2)19-16(18)15(13-8-4-3-5-9-13)14-10-6-7-11-17-14;/h3-5,8-9,12,14-15,17H,6-7,10-11H2,1-2H3;1H/t14-,15-;/m0./s1. The van der Waals surface area contributed by atoms with Crippen LogP contribution in [0.2, 0.25) is 0 Å². The number of piperidine rings is 1. The van der Waals surface area contributed by atoms with E-state index in [0.29, 0.717) is 0 Å². The Bertz CT molecular complexity index is 402. The first kappa shape index (κ1) is 17.0. The van der Waals surface area contributed by atoms with Gasteiger partial charge in [0.25, 0.3) is 0 Å². The van der Waals surface area contributed by atoms with Gasteiger partial charge in [-0.1, -0.05) is 36.8 Å². The number of benzene rings is 1. The van der Waals surface area contributed by atoms with E-state index >= 15 is 0 Å². The van der Waals surface area contributed by atoms with Gasteiger partial charge in [-0.25, -0.2) is 0 Å². The molecule has 1 aromatic rings. The van der Waals surface area contributed by atoms with Crippen molar-refractivity contribution in [2.75, 3.05) is 6.54 Å². The molecule has 1 aliphatic rings. The van der Waals surface area contributed by atoms with E-state index in [1.54, 1.807) is 0 Å². The molecule has 0 amide bonds. The third kappa shape index (κ3) is 4.50. The van der Waals surface area contributed by atoms with Crippen molar-refractivity contribution in [2.24, 2.45) is 0 Å². The van der Waals surface area contributed by atoms with Crippen LogP contribution < -0.4 is 5.32 Å². The van der Waals surface area contributed by atoms with Crippen LogP contribution >= 0.6 is 12.4 Å². The molecule has 0 saturated carbocycles. The zero-order valence-corrected chi connectivity index (χ0v) is 13.0. The molecule has 2 rings (SSSR count). The van der Waals surface area contributed by atoms with E-state index in [9.17, 15) is 4.79 Å². The van der Waals surface area contributed by atoms with Crippen molar-refractivity contribution in [1.29, 1.82) is 0 Å². The number of halogens is 1. The smallest absolute Gasteiger partial charge is 0.315 e. The van der Waals surface area contributed by atoms with Crippen LogP contribution in [0, 0.1) is 0 Å². The van der Waals surface area contributed by atoms with Gasteiger partial charge < -0.3 is 10.1 Å². The summed E-state index contributed by atoms with van der Waals surface area (Å²) in [4.78, 5) is 12.4. The Morgan fingerprint density at radius 1 is 1.25 bits per heavy atom. The summed E-state index contributed by atoms with van der Waals surface area (Å²) in [6.45, 7) is 4.78. The van der Waals surface area contributed by atoms with Crippen LogP contribution in [0.1, 0.15) is 44.6 Å². The molecule has 0 aromatic heterocycles. The van der Waals surface area contributed by atoms with Crippen molar-refractivity contribution in [2.45, 2.75) is 51.2 Å². The first-order chi connectivity index (χ1) is 9.18. The Balaban J connectivity index is 0.00000200. The normalized spacial score (nSPS) is 20.1. The molecule has 1 heterocycles. The predicted octanol–water partition coefficient (Wildman–Crippen LogP) is 3.29. The molecule has 1 fully saturated rings. The fourth-order valence-electron chi connectivity index (χ4n) is 2.66. The average Bonchev–Trinajstić information content (AvgIpc) is 2.40. The van der Waals surface area contributed by atoms with Crippen molar-refractivity contribution in [3.8, 4) is 0 Å². The predicted molar refractivity (Wildman–Crippen MR) is 83.3 cm³/mol. The maximum atomic E-state index is 12.4. The molecule has 2 atom stereocenters. The SMILES string of the molecule is CC(C)OC(=O)[C@@H](c1ccccc1)[C@@H]1CCCCN1.Cl. The number of esters is 1. The van der Waals surface area contributed by atoms with Crippen molar-refractivity contribution < 1.29 is 9.53 Å². The van der Waals surface area contributed by atoms with Crippen LogP contribution in [0.25, 0.3) is 0 Å². The van der Waals surface area contributed by atoms with Crippen LogP contribution in [0.4, 0.5) is 0 Å². The zero-order chi connectivity index (χ0) is 13.7. The largest absolute Gasteiger partial charge is 0.462 e. The molecular weight excluding hydrogens is 274 g/mol. The Morgan fingerprint density at radius 3 is 2.50 bits per heavy atom. The van der Waals surface area contributed by atoms with Gasteiger partial charge in [0.1, 0.15) is 0 Å². The number of hydrogen-bond acceptors (Lipinski definition) is 3. The van der Waals surface area contributed by atoms with Crippen LogP contribution in [-0.4, -0.2) is 24.7 Å². The molecule has 1 aromatic carbocycles. The summed E-state index contributed by atoms with van der Waals surface area (Å²) in [5.41, 5.74) is 1.05. The molecule has 0 aliphatic carbocycles. The second-order valence-corrected chi connectivity index (χ2v) is 5.43. The average molecular weight is 298 g/mol. The van der Waals surface area contributed by atoms with Gasteiger partial charge in [0, 0.05) is 6.04 Å². The number of nitrogens with one attached hydrogen (secondary N) is 1. The van der Waals surface area contributed by atoms with Gasteiger partial charge in [0.05, 0.1) is 12.0 Å². The van der Waals surface area contributed by atoms with Crippen LogP contribution in [0.5, 0.6) is 0 Å². The van der Waals surface area contributed by atoms with Gasteiger partial charge in [-0.2, -0.15) is 0 Å². The lowest BCUT2D eigenvalue weighted by molar-refractivity contribution is -0.150. The third-order valence-corrected chi connectivity index (χ3v) is 3.52. The molecule has 3 nitrogen and oxygen atoms in total. The van der Waals surface area contributed by atoms with Gasteiger partial charge in [-0.3, -0.25) is 4.79 Å². The first-order valence-corrected chi connectivity index (χ1v) is 7.17. The molecule has 1 N–H and O–H groups in total. The molecule has 1 aliphatic heterocycles. The van der Waals surface area contributed by atoms with E-state index in [1.807, 2.05) is 44.2 Å². The molecule has 0 spiro atoms. The first-order valence-electron chi connectivity index (χ1n) is 7.17. The van der Waals surface area contributed by atoms with Gasteiger partial charge in [0.2, 0.25) is 0 Å². The molecule has 0 radical (unpaired) electrons. The number of hydrogen-bond donors (Lipinski definition) is 1. The van der Waals surface area contributed by atoms with Gasteiger partial charge in [-0.05, 0) is 38.8 Å². The summed E-state index contributed by atoms with van der Waals surface area (Å²) in [5, 5.41) is 3.47. The molecular formula is C16H24ClNO2. The Labute approximate surface area is 127 Å². The number of carbonyl (C=O) groups is 1. The van der Waals surface area contributed by atoms with E-state index in [4.69, 9.17) is 4.74 Å². The minimum absolute atomic E-state index is 0. The fourth-order valence-corrected chi connectivity index (χ4v) is 2.66. The van der Waals surface area contributed by atoms with Gasteiger partial charge in [0.15, 0.2) is 0 Å². The van der Waals surface area contributed by atoms with E-state index in [1.165, 1.54) is 12.8 Å². The van der Waals surface area contributed by atoms with E-state index in [2.05, 4.69) is 5.32 Å². The molecule has 112 valence electrons. The van der Waals surface area contributed by atoms with Gasteiger partial charge in [-0.15, -0.1) is 12.4 Å². The van der Waals surface area contributed by atoms with Crippen LogP contribution in [0.3, 0.4) is 0 Å². The van der Waals surface area contributed by atoms with E-state index in [0.717, 1.165) is 18.5 Å². The highest BCUT2D eigenvalue weighted by molar-refractivity contribution is 5.85. The summed E-state index contributed by atoms with van der Waals surface area (Å²) < 4.78 is 5.44. The summed E-state index contributed by atoms with van der Waals surface area (Å²) in [7, 11) is 0. The molecule has 0 unspecified atom stereocenters. The van der Waals surface area contributed by atoms with Crippen LogP contribution in [-0.2, 0) is 9.53 Å². The summed E-state index contributed by atoms with van der Waals surface area (Å²) in [6, 6.07) is 10.2. The Morgan fingerprint density at radius 2 is 1.95 bits per heavy atom. The summed E-state index contributed by atoms with van der Waals surface area (Å²) in [5.74, 6) is -0.301. The third-order valence-electron chi connectivity index (χ3n) is 3.52. The minimum Gasteiger partial charge on any atom is -0.462 e. The van der Waals surface area contributed by atoms with Crippen molar-refractivity contribution in [3.63, 3.8) is 0 Å². The number of carbonyl (C=O) groups excluding carboxylic acids is 1. The Hall–Kier alpha value is -1.06. The molecule has 20 heavy (non-hydrogen) atoms. The van der Waals surface area contributed by atoms with E-state index < -0.39 is 0 Å². The second kappa shape index (κ2) is 8.28. The molecule has 4 heteroatoms. The highest BCUT2D eigenvalue weighted by Crippen LogP contribution is 2.27. The lowest BCUT2D eigenvalue weighted by atomic mass is 9.86.